The molecule has 2 aromatic heterocycles. The van der Waals surface area contributed by atoms with E-state index in [1.807, 2.05) is 6.92 Å². The molecule has 0 aliphatic carbocycles. The molecule has 0 saturated carbocycles. The van der Waals surface area contributed by atoms with Gasteiger partial charge in [0.25, 0.3) is 0 Å². The Morgan fingerprint density at radius 2 is 2.24 bits per heavy atom. The van der Waals surface area contributed by atoms with E-state index in [0.29, 0.717) is 17.5 Å². The van der Waals surface area contributed by atoms with Gasteiger partial charge in [-0.2, -0.15) is 4.72 Å². The molecule has 7 nitrogen and oxygen atoms in total. The van der Waals surface area contributed by atoms with Crippen LogP contribution in [0.3, 0.4) is 0 Å². The van der Waals surface area contributed by atoms with Crippen LogP contribution in [0.25, 0.3) is 11.0 Å². The zero-order valence-corrected chi connectivity index (χ0v) is 12.5. The minimum absolute atomic E-state index is 0.000142. The van der Waals surface area contributed by atoms with E-state index in [1.165, 1.54) is 6.20 Å². The van der Waals surface area contributed by atoms with E-state index in [9.17, 15) is 18.3 Å². The van der Waals surface area contributed by atoms with Crippen molar-refractivity contribution >= 4 is 27.0 Å². The van der Waals surface area contributed by atoms with Crippen LogP contribution < -0.4 is 4.72 Å². The molecule has 2 aromatic rings. The maximum Gasteiger partial charge on any atom is 0.322 e. The average molecular weight is 311 g/mol. The summed E-state index contributed by atoms with van der Waals surface area (Å²) in [7, 11) is -3.94. The molecular formula is C13H17N3O4S. The van der Waals surface area contributed by atoms with Gasteiger partial charge in [0.15, 0.2) is 0 Å². The minimum atomic E-state index is -3.94. The van der Waals surface area contributed by atoms with Gasteiger partial charge in [0.1, 0.15) is 16.6 Å². The largest absolute Gasteiger partial charge is 0.480 e. The van der Waals surface area contributed by atoms with E-state index < -0.39 is 22.0 Å². The molecule has 2 rings (SSSR count). The second-order valence-corrected chi connectivity index (χ2v) is 6.56. The van der Waals surface area contributed by atoms with Gasteiger partial charge in [-0.3, -0.25) is 4.79 Å². The van der Waals surface area contributed by atoms with Crippen LogP contribution in [0, 0.1) is 5.92 Å². The summed E-state index contributed by atoms with van der Waals surface area (Å²) >= 11 is 0. The smallest absolute Gasteiger partial charge is 0.322 e. The number of H-pyrrole nitrogens is 1. The van der Waals surface area contributed by atoms with Gasteiger partial charge in [-0.1, -0.05) is 20.3 Å². The van der Waals surface area contributed by atoms with Gasteiger partial charge in [-0.15, -0.1) is 0 Å². The lowest BCUT2D eigenvalue weighted by Gasteiger charge is -2.19. The van der Waals surface area contributed by atoms with Crippen LogP contribution in [0.15, 0.2) is 29.4 Å². The first-order valence-electron chi connectivity index (χ1n) is 6.54. The summed E-state index contributed by atoms with van der Waals surface area (Å²) in [5, 5.41) is 9.63. The Kier molecular flexibility index (Phi) is 4.29. The molecule has 0 aromatic carbocycles. The number of carboxylic acids is 1. The molecule has 8 heteroatoms. The minimum Gasteiger partial charge on any atom is -0.480 e. The van der Waals surface area contributed by atoms with E-state index >= 15 is 0 Å². The summed E-state index contributed by atoms with van der Waals surface area (Å²) in [4.78, 5) is 18.0. The lowest BCUT2D eigenvalue weighted by molar-refractivity contribution is -0.140. The fourth-order valence-corrected chi connectivity index (χ4v) is 3.49. The van der Waals surface area contributed by atoms with Crippen LogP contribution in [-0.4, -0.2) is 35.5 Å². The van der Waals surface area contributed by atoms with Crippen molar-refractivity contribution < 1.29 is 18.3 Å². The van der Waals surface area contributed by atoms with Gasteiger partial charge >= 0.3 is 5.97 Å². The summed E-state index contributed by atoms with van der Waals surface area (Å²) < 4.78 is 27.1. The van der Waals surface area contributed by atoms with Crippen molar-refractivity contribution in [2.24, 2.45) is 5.92 Å². The molecule has 114 valence electrons. The molecule has 0 saturated heterocycles. The molecule has 0 aliphatic rings. The Balaban J connectivity index is 2.40. The first kappa shape index (κ1) is 15.5. The zero-order valence-electron chi connectivity index (χ0n) is 11.7. The van der Waals surface area contributed by atoms with Crippen LogP contribution in [-0.2, 0) is 14.8 Å². The molecule has 0 amide bonds. The summed E-state index contributed by atoms with van der Waals surface area (Å²) in [6, 6.07) is 2.08. The van der Waals surface area contributed by atoms with Gasteiger partial charge in [0.05, 0.1) is 0 Å². The summed E-state index contributed by atoms with van der Waals surface area (Å²) in [6.07, 6.45) is 3.41. The van der Waals surface area contributed by atoms with Crippen LogP contribution in [0.2, 0.25) is 0 Å². The predicted molar refractivity (Wildman–Crippen MR) is 77.3 cm³/mol. The maximum absolute atomic E-state index is 12.4. The number of pyridine rings is 1. The van der Waals surface area contributed by atoms with Crippen LogP contribution in [0.1, 0.15) is 20.3 Å². The normalized spacial score (nSPS) is 15.0. The second-order valence-electron chi connectivity index (χ2n) is 4.88. The van der Waals surface area contributed by atoms with Gasteiger partial charge in [-0.05, 0) is 18.1 Å². The highest BCUT2D eigenvalue weighted by molar-refractivity contribution is 7.89. The molecule has 3 N–H and O–H groups in total. The van der Waals surface area contributed by atoms with Crippen molar-refractivity contribution in [3.05, 3.63) is 24.5 Å². The topological polar surface area (TPSA) is 112 Å². The van der Waals surface area contributed by atoms with E-state index in [2.05, 4.69) is 14.7 Å². The number of fused-ring (bicyclic) bond motifs is 1. The quantitative estimate of drug-likeness (QED) is 0.745. The number of aliphatic carboxylic acids is 1. The van der Waals surface area contributed by atoms with Crippen molar-refractivity contribution in [3.63, 3.8) is 0 Å². The number of nitrogens with one attached hydrogen (secondary N) is 2. The predicted octanol–water partition coefficient (Wildman–Crippen LogP) is 1.34. The van der Waals surface area contributed by atoms with Crippen molar-refractivity contribution in [1.82, 2.24) is 14.7 Å². The number of sulfonamides is 1. The average Bonchev–Trinajstić information content (AvgIpc) is 2.88. The fourth-order valence-electron chi connectivity index (χ4n) is 2.03. The maximum atomic E-state index is 12.4. The molecule has 2 unspecified atom stereocenters. The summed E-state index contributed by atoms with van der Waals surface area (Å²) in [6.45, 7) is 3.50. The lowest BCUT2D eigenvalue weighted by Crippen LogP contribution is -2.44. The summed E-state index contributed by atoms with van der Waals surface area (Å²) in [5.41, 5.74) is 0.438. The van der Waals surface area contributed by atoms with E-state index in [-0.39, 0.29) is 10.8 Å². The van der Waals surface area contributed by atoms with Crippen LogP contribution >= 0.6 is 0 Å². The molecule has 0 aliphatic heterocycles. The number of carbonyl (C=O) groups is 1. The molecule has 2 heterocycles. The van der Waals surface area contributed by atoms with Crippen molar-refractivity contribution in [2.75, 3.05) is 0 Å². The Morgan fingerprint density at radius 1 is 1.52 bits per heavy atom. The van der Waals surface area contributed by atoms with E-state index in [1.54, 1.807) is 25.3 Å². The third-order valence-electron chi connectivity index (χ3n) is 3.46. The standard InChI is InChI=1S/C13H17N3O4S/c1-3-8(2)11(13(17)18)16-21(19,20)10-7-15-12-9(10)5-4-6-14-12/h4-8,11,16H,3H2,1-2H3,(H,14,15)(H,17,18). The zero-order chi connectivity index (χ0) is 15.6. The number of aromatic nitrogens is 2. The lowest BCUT2D eigenvalue weighted by atomic mass is 10.0. The van der Waals surface area contributed by atoms with Gasteiger partial charge in [0.2, 0.25) is 10.0 Å². The number of nitrogens with zero attached hydrogens (tertiary/aromatic N) is 1. The van der Waals surface area contributed by atoms with Gasteiger partial charge in [0, 0.05) is 17.8 Å². The van der Waals surface area contributed by atoms with Crippen LogP contribution in [0.4, 0.5) is 0 Å². The third-order valence-corrected chi connectivity index (χ3v) is 4.94. The molecule has 0 spiro atoms. The van der Waals surface area contributed by atoms with Crippen LogP contribution in [0.5, 0.6) is 0 Å². The first-order chi connectivity index (χ1) is 9.86. The Labute approximate surface area is 122 Å². The second kappa shape index (κ2) is 5.82. The molecule has 21 heavy (non-hydrogen) atoms. The highest BCUT2D eigenvalue weighted by Gasteiger charge is 2.30. The molecule has 0 radical (unpaired) electrons. The van der Waals surface area contributed by atoms with Crippen molar-refractivity contribution in [2.45, 2.75) is 31.2 Å². The first-order valence-corrected chi connectivity index (χ1v) is 8.02. The monoisotopic (exact) mass is 311 g/mol. The number of rotatable bonds is 6. The van der Waals surface area contributed by atoms with Gasteiger partial charge in [-0.25, -0.2) is 13.4 Å². The van der Waals surface area contributed by atoms with E-state index in [4.69, 9.17) is 0 Å². The number of carboxylic acid groups (broad SMARTS) is 1. The Morgan fingerprint density at radius 3 is 2.86 bits per heavy atom. The Bertz CT molecular complexity index is 754. The molecule has 0 bridgehead atoms. The number of aromatic amines is 1. The van der Waals surface area contributed by atoms with Crippen molar-refractivity contribution in [3.8, 4) is 0 Å². The van der Waals surface area contributed by atoms with Crippen molar-refractivity contribution in [1.29, 1.82) is 0 Å². The SMILES string of the molecule is CCC(C)C(NS(=O)(=O)c1c[nH]c2ncccc12)C(=O)O. The third kappa shape index (κ3) is 3.06. The highest BCUT2D eigenvalue weighted by atomic mass is 32.2. The van der Waals surface area contributed by atoms with E-state index in [0.717, 1.165) is 0 Å². The molecule has 2 atom stereocenters. The summed E-state index contributed by atoms with van der Waals surface area (Å²) in [5.74, 6) is -1.51. The van der Waals surface area contributed by atoms with Gasteiger partial charge < -0.3 is 10.1 Å². The fraction of sp³-hybridized carbons (Fsp3) is 0.385. The highest BCUT2D eigenvalue weighted by Crippen LogP contribution is 2.22. The molecular weight excluding hydrogens is 294 g/mol. The number of hydrogen-bond donors (Lipinski definition) is 3. The Hall–Kier alpha value is -1.93. The number of hydrogen-bond acceptors (Lipinski definition) is 4. The molecule has 0 fully saturated rings.